The van der Waals surface area contributed by atoms with E-state index in [1.165, 1.54) is 19.1 Å². The van der Waals surface area contributed by atoms with E-state index in [9.17, 15) is 17.6 Å². The minimum Gasteiger partial charge on any atom is -0.337 e. The van der Waals surface area contributed by atoms with Crippen molar-refractivity contribution in [3.8, 4) is 0 Å². The molecule has 1 saturated heterocycles. The molecule has 1 aliphatic heterocycles. The summed E-state index contributed by atoms with van der Waals surface area (Å²) in [4.78, 5) is 17.0. The lowest BCUT2D eigenvalue weighted by atomic mass is 10.0. The molecule has 0 radical (unpaired) electrons. The molecule has 1 N–H and O–H groups in total. The zero-order chi connectivity index (χ0) is 21.2. The molecule has 1 aliphatic rings. The van der Waals surface area contributed by atoms with Crippen LogP contribution in [0.15, 0.2) is 47.4 Å². The highest BCUT2D eigenvalue weighted by Gasteiger charge is 2.27. The van der Waals surface area contributed by atoms with Crippen molar-refractivity contribution in [2.45, 2.75) is 30.7 Å². The molecule has 1 amide bonds. The predicted octanol–water partition coefficient (Wildman–Crippen LogP) is 3.10. The maximum absolute atomic E-state index is 13.5. The monoisotopic (exact) mass is 419 g/mol. The Morgan fingerprint density at radius 2 is 1.93 bits per heavy atom. The topological polar surface area (TPSA) is 69.7 Å². The van der Waals surface area contributed by atoms with Gasteiger partial charge in [-0.2, -0.15) is 0 Å². The molecule has 1 fully saturated rings. The molecule has 1 heterocycles. The van der Waals surface area contributed by atoms with E-state index in [1.807, 2.05) is 14.1 Å². The Bertz CT molecular complexity index is 1010. The molecule has 0 saturated carbocycles. The first-order valence-corrected chi connectivity index (χ1v) is 11.0. The second-order valence-corrected chi connectivity index (χ2v) is 9.26. The summed E-state index contributed by atoms with van der Waals surface area (Å²) >= 11 is 0. The smallest absolute Gasteiger partial charge is 0.261 e. The normalized spacial score (nSPS) is 17.4. The van der Waals surface area contributed by atoms with Crippen molar-refractivity contribution >= 4 is 21.6 Å². The zero-order valence-corrected chi connectivity index (χ0v) is 17.7. The molecule has 156 valence electrons. The fourth-order valence-corrected chi connectivity index (χ4v) is 4.64. The molecule has 0 spiro atoms. The Kier molecular flexibility index (Phi) is 6.24. The lowest BCUT2D eigenvalue weighted by Gasteiger charge is -2.36. The summed E-state index contributed by atoms with van der Waals surface area (Å²) in [5, 5.41) is 0. The van der Waals surface area contributed by atoms with Crippen molar-refractivity contribution in [2.75, 3.05) is 31.9 Å². The molecule has 2 aromatic rings. The van der Waals surface area contributed by atoms with Crippen LogP contribution in [-0.2, 0) is 10.0 Å². The lowest BCUT2D eigenvalue weighted by Crippen LogP contribution is -2.47. The number of rotatable bonds is 5. The minimum absolute atomic E-state index is 0.0516. The Morgan fingerprint density at radius 1 is 1.21 bits per heavy atom. The number of aryl methyl sites for hydroxylation is 1. The van der Waals surface area contributed by atoms with Gasteiger partial charge in [-0.3, -0.25) is 9.52 Å². The summed E-state index contributed by atoms with van der Waals surface area (Å²) in [6.07, 6.45) is 1.92. The van der Waals surface area contributed by atoms with Gasteiger partial charge in [-0.1, -0.05) is 12.1 Å². The summed E-state index contributed by atoms with van der Waals surface area (Å²) in [7, 11) is 0.0238. The van der Waals surface area contributed by atoms with Crippen molar-refractivity contribution in [3.63, 3.8) is 0 Å². The molecular formula is C21H26FN3O3S. The average Bonchev–Trinajstić information content (AvgIpc) is 2.69. The summed E-state index contributed by atoms with van der Waals surface area (Å²) in [6.45, 7) is 2.74. The third-order valence-electron chi connectivity index (χ3n) is 5.26. The van der Waals surface area contributed by atoms with Gasteiger partial charge >= 0.3 is 0 Å². The highest BCUT2D eigenvalue weighted by atomic mass is 32.2. The van der Waals surface area contributed by atoms with Crippen LogP contribution in [0.2, 0.25) is 0 Å². The number of benzene rings is 2. The van der Waals surface area contributed by atoms with Gasteiger partial charge in [0.25, 0.3) is 15.9 Å². The second kappa shape index (κ2) is 8.51. The average molecular weight is 420 g/mol. The van der Waals surface area contributed by atoms with Crippen LogP contribution in [0.1, 0.15) is 28.8 Å². The molecule has 0 aliphatic carbocycles. The lowest BCUT2D eigenvalue weighted by molar-refractivity contribution is 0.0636. The summed E-state index contributed by atoms with van der Waals surface area (Å²) < 4.78 is 41.6. The van der Waals surface area contributed by atoms with Crippen molar-refractivity contribution in [1.82, 2.24) is 9.80 Å². The van der Waals surface area contributed by atoms with E-state index in [0.717, 1.165) is 18.9 Å². The number of piperidine rings is 1. The van der Waals surface area contributed by atoms with E-state index < -0.39 is 15.8 Å². The van der Waals surface area contributed by atoms with Gasteiger partial charge in [0, 0.05) is 19.1 Å². The number of halogens is 1. The highest BCUT2D eigenvalue weighted by molar-refractivity contribution is 7.92. The minimum atomic E-state index is -3.96. The van der Waals surface area contributed by atoms with E-state index in [4.69, 9.17) is 0 Å². The van der Waals surface area contributed by atoms with Crippen molar-refractivity contribution in [3.05, 3.63) is 59.4 Å². The zero-order valence-electron chi connectivity index (χ0n) is 16.9. The molecule has 6 nitrogen and oxygen atoms in total. The Labute approximate surface area is 171 Å². The summed E-state index contributed by atoms with van der Waals surface area (Å²) in [5.74, 6) is -0.676. The van der Waals surface area contributed by atoms with Crippen molar-refractivity contribution < 1.29 is 17.6 Å². The fraction of sp³-hybridized carbons (Fsp3) is 0.381. The second-order valence-electron chi connectivity index (χ2n) is 7.57. The van der Waals surface area contributed by atoms with E-state index in [2.05, 4.69) is 9.62 Å². The molecule has 3 rings (SSSR count). The number of anilines is 1. The van der Waals surface area contributed by atoms with Crippen LogP contribution >= 0.6 is 0 Å². The molecule has 1 atom stereocenters. The molecule has 1 unspecified atom stereocenters. The van der Waals surface area contributed by atoms with Gasteiger partial charge in [0.15, 0.2) is 0 Å². The van der Waals surface area contributed by atoms with E-state index >= 15 is 0 Å². The quantitative estimate of drug-likeness (QED) is 0.809. The van der Waals surface area contributed by atoms with E-state index in [1.54, 1.807) is 29.2 Å². The number of amides is 1. The van der Waals surface area contributed by atoms with Crippen molar-refractivity contribution in [2.24, 2.45) is 0 Å². The maximum atomic E-state index is 13.5. The number of nitrogens with one attached hydrogen (secondary N) is 1. The van der Waals surface area contributed by atoms with Gasteiger partial charge < -0.3 is 9.80 Å². The van der Waals surface area contributed by atoms with Crippen LogP contribution in [0.25, 0.3) is 0 Å². The van der Waals surface area contributed by atoms with Crippen LogP contribution in [0, 0.1) is 12.7 Å². The standard InChI is InChI=1S/C21H26FN3O3S/c1-15-13-17(10-11-19(15)22)29(27,28)23-20-9-5-4-8-18(20)21(26)25-12-6-7-16(14-25)24(2)3/h4-5,8-11,13,16,23H,6-7,12,14H2,1-3H3. The molecular weight excluding hydrogens is 393 g/mol. The van der Waals surface area contributed by atoms with Gasteiger partial charge in [-0.05, 0) is 69.8 Å². The number of hydrogen-bond donors (Lipinski definition) is 1. The molecule has 0 aromatic heterocycles. The summed E-state index contributed by atoms with van der Waals surface area (Å²) in [5.41, 5.74) is 0.751. The van der Waals surface area contributed by atoms with Crippen LogP contribution in [-0.4, -0.2) is 57.4 Å². The SMILES string of the molecule is Cc1cc(S(=O)(=O)Nc2ccccc2C(=O)N2CCCC(N(C)C)C2)ccc1F. The third-order valence-corrected chi connectivity index (χ3v) is 6.62. The van der Waals surface area contributed by atoms with Crippen LogP contribution in [0.5, 0.6) is 0 Å². The number of para-hydroxylation sites is 1. The summed E-state index contributed by atoms with van der Waals surface area (Å²) in [6, 6.07) is 10.4. The number of carbonyl (C=O) groups is 1. The number of nitrogens with zero attached hydrogens (tertiary/aromatic N) is 2. The Hall–Kier alpha value is -2.45. The van der Waals surface area contributed by atoms with Crippen LogP contribution in [0.4, 0.5) is 10.1 Å². The number of likely N-dealkylation sites (N-methyl/N-ethyl adjacent to an activating group) is 1. The predicted molar refractivity (Wildman–Crippen MR) is 111 cm³/mol. The number of hydrogen-bond acceptors (Lipinski definition) is 4. The van der Waals surface area contributed by atoms with Gasteiger partial charge in [0.1, 0.15) is 5.82 Å². The number of carbonyl (C=O) groups excluding carboxylic acids is 1. The Morgan fingerprint density at radius 3 is 2.62 bits per heavy atom. The van der Waals surface area contributed by atoms with Crippen LogP contribution < -0.4 is 4.72 Å². The number of likely N-dealkylation sites (tertiary alicyclic amines) is 1. The fourth-order valence-electron chi connectivity index (χ4n) is 3.48. The van der Waals surface area contributed by atoms with E-state index in [0.29, 0.717) is 18.7 Å². The first-order valence-electron chi connectivity index (χ1n) is 9.53. The van der Waals surface area contributed by atoms with Crippen molar-refractivity contribution in [1.29, 1.82) is 0 Å². The van der Waals surface area contributed by atoms with Gasteiger partial charge in [0.05, 0.1) is 16.1 Å². The molecule has 2 aromatic carbocycles. The first kappa shape index (κ1) is 21.3. The third kappa shape index (κ3) is 4.76. The van der Waals surface area contributed by atoms with Crippen LogP contribution in [0.3, 0.4) is 0 Å². The largest absolute Gasteiger partial charge is 0.337 e. The maximum Gasteiger partial charge on any atom is 0.261 e. The van der Waals surface area contributed by atoms with Gasteiger partial charge in [-0.15, -0.1) is 0 Å². The first-order chi connectivity index (χ1) is 13.7. The molecule has 0 bridgehead atoms. The van der Waals surface area contributed by atoms with E-state index in [-0.39, 0.29) is 28.1 Å². The number of sulfonamides is 1. The van der Waals surface area contributed by atoms with Gasteiger partial charge in [-0.25, -0.2) is 12.8 Å². The molecule has 29 heavy (non-hydrogen) atoms. The Balaban J connectivity index is 1.87. The highest BCUT2D eigenvalue weighted by Crippen LogP contribution is 2.24. The molecule has 8 heteroatoms. The van der Waals surface area contributed by atoms with Gasteiger partial charge in [0.2, 0.25) is 0 Å².